The van der Waals surface area contributed by atoms with Crippen LogP contribution in [-0.4, -0.2) is 14.5 Å². The van der Waals surface area contributed by atoms with Crippen LogP contribution in [0.25, 0.3) is 0 Å². The summed E-state index contributed by atoms with van der Waals surface area (Å²) >= 11 is 4.18. The van der Waals surface area contributed by atoms with Crippen molar-refractivity contribution in [1.29, 1.82) is 0 Å². The first kappa shape index (κ1) is 16.4. The molecule has 7 heteroatoms. The zero-order chi connectivity index (χ0) is 16.3. The van der Waals surface area contributed by atoms with Crippen LogP contribution in [0.1, 0.15) is 11.1 Å². The van der Waals surface area contributed by atoms with Crippen molar-refractivity contribution >= 4 is 28.7 Å². The van der Waals surface area contributed by atoms with Gasteiger partial charge in [0.1, 0.15) is 5.75 Å². The van der Waals surface area contributed by atoms with Crippen molar-refractivity contribution in [2.45, 2.75) is 23.6 Å². The van der Waals surface area contributed by atoms with Gasteiger partial charge >= 0.3 is 6.09 Å². The van der Waals surface area contributed by atoms with Crippen LogP contribution in [0.4, 0.5) is 4.79 Å². The maximum absolute atomic E-state index is 12.1. The van der Waals surface area contributed by atoms with Crippen molar-refractivity contribution in [3.05, 3.63) is 53.6 Å². The number of hydrogen-bond acceptors (Lipinski definition) is 5. The molecule has 0 aliphatic rings. The Kier molecular flexibility index (Phi) is 4.77. The van der Waals surface area contributed by atoms with Crippen LogP contribution in [0.3, 0.4) is 0 Å². The maximum atomic E-state index is 12.1. The van der Waals surface area contributed by atoms with Crippen molar-refractivity contribution in [2.24, 2.45) is 0 Å². The molecule has 1 amide bonds. The highest BCUT2D eigenvalue weighted by atomic mass is 32.2. The van der Waals surface area contributed by atoms with Crippen molar-refractivity contribution in [3.63, 3.8) is 0 Å². The van der Waals surface area contributed by atoms with Crippen molar-refractivity contribution < 1.29 is 17.9 Å². The molecular weight excluding hydrogens is 322 g/mol. The van der Waals surface area contributed by atoms with Gasteiger partial charge in [0.15, 0.2) is 0 Å². The molecule has 1 N–H and O–H groups in total. The third kappa shape index (κ3) is 4.02. The summed E-state index contributed by atoms with van der Waals surface area (Å²) in [6.07, 6.45) is -1.08. The van der Waals surface area contributed by atoms with Crippen LogP contribution in [0.2, 0.25) is 0 Å². The highest BCUT2D eigenvalue weighted by Crippen LogP contribution is 2.23. The first-order chi connectivity index (χ1) is 10.3. The van der Waals surface area contributed by atoms with Crippen LogP contribution in [0.5, 0.6) is 5.75 Å². The maximum Gasteiger partial charge on any atom is 0.426 e. The van der Waals surface area contributed by atoms with Gasteiger partial charge in [0.2, 0.25) is 0 Å². The molecule has 2 aromatic rings. The topological polar surface area (TPSA) is 72.5 Å². The second kappa shape index (κ2) is 6.41. The molecule has 0 aromatic heterocycles. The Morgan fingerprint density at radius 3 is 2.23 bits per heavy atom. The lowest BCUT2D eigenvalue weighted by atomic mass is 10.2. The summed E-state index contributed by atoms with van der Waals surface area (Å²) in [5.41, 5.74) is 1.87. The number of rotatable bonds is 3. The third-order valence-corrected chi connectivity index (χ3v) is 4.54. The van der Waals surface area contributed by atoms with Gasteiger partial charge in [-0.15, -0.1) is 12.6 Å². The second-order valence-corrected chi connectivity index (χ2v) is 6.94. The van der Waals surface area contributed by atoms with Gasteiger partial charge in [0.25, 0.3) is 10.0 Å². The number of aryl methyl sites for hydroxylation is 2. The molecule has 22 heavy (non-hydrogen) atoms. The molecular formula is C15H15NO4S2. The Hall–Kier alpha value is -1.99. The van der Waals surface area contributed by atoms with Crippen LogP contribution in [-0.2, 0) is 10.0 Å². The van der Waals surface area contributed by atoms with E-state index in [4.69, 9.17) is 4.74 Å². The average molecular weight is 337 g/mol. The van der Waals surface area contributed by atoms with E-state index in [2.05, 4.69) is 12.6 Å². The molecule has 0 aliphatic carbocycles. The Bertz CT molecular complexity index is 799. The fourth-order valence-electron chi connectivity index (χ4n) is 1.72. The summed E-state index contributed by atoms with van der Waals surface area (Å²) in [5, 5.41) is 0. The molecule has 0 unspecified atom stereocenters. The lowest BCUT2D eigenvalue weighted by molar-refractivity contribution is 0.205. The standard InChI is InChI=1S/C15H15NO4S2/c1-10-3-6-12(7-4-10)22(18,19)16-15(17)20-13-8-5-11(2)9-14(13)21/h3-9,21H,1-2H3,(H,16,17). The molecule has 0 fully saturated rings. The van der Waals surface area contributed by atoms with Crippen molar-refractivity contribution in [1.82, 2.24) is 4.72 Å². The van der Waals surface area contributed by atoms with Gasteiger partial charge < -0.3 is 4.74 Å². The Labute approximate surface area is 134 Å². The average Bonchev–Trinajstić information content (AvgIpc) is 2.42. The number of ether oxygens (including phenoxy) is 1. The Morgan fingerprint density at radius 2 is 1.64 bits per heavy atom. The predicted octanol–water partition coefficient (Wildman–Crippen LogP) is 3.07. The van der Waals surface area contributed by atoms with Gasteiger partial charge in [-0.3, -0.25) is 0 Å². The van der Waals surface area contributed by atoms with Gasteiger partial charge in [-0.1, -0.05) is 23.8 Å². The Morgan fingerprint density at radius 1 is 1.05 bits per heavy atom. The number of amides is 1. The number of benzene rings is 2. The summed E-state index contributed by atoms with van der Waals surface area (Å²) in [4.78, 5) is 12.2. The molecule has 0 aliphatic heterocycles. The fourth-order valence-corrected chi connectivity index (χ4v) is 2.92. The molecule has 2 aromatic carbocycles. The van der Waals surface area contributed by atoms with Gasteiger partial charge in [-0.05, 0) is 43.7 Å². The third-order valence-electron chi connectivity index (χ3n) is 2.87. The van der Waals surface area contributed by atoms with E-state index in [0.29, 0.717) is 4.90 Å². The van der Waals surface area contributed by atoms with Crippen LogP contribution in [0, 0.1) is 13.8 Å². The lowest BCUT2D eigenvalue weighted by Crippen LogP contribution is -2.33. The van der Waals surface area contributed by atoms with E-state index < -0.39 is 16.1 Å². The lowest BCUT2D eigenvalue weighted by Gasteiger charge is -2.09. The number of hydrogen-bond donors (Lipinski definition) is 2. The molecule has 0 heterocycles. The van der Waals surface area contributed by atoms with E-state index in [0.717, 1.165) is 11.1 Å². The monoisotopic (exact) mass is 337 g/mol. The first-order valence-electron chi connectivity index (χ1n) is 6.39. The predicted molar refractivity (Wildman–Crippen MR) is 86.0 cm³/mol. The van der Waals surface area contributed by atoms with Gasteiger partial charge in [-0.2, -0.15) is 0 Å². The smallest absolute Gasteiger partial charge is 0.408 e. The van der Waals surface area contributed by atoms with E-state index in [-0.39, 0.29) is 10.6 Å². The van der Waals surface area contributed by atoms with Crippen LogP contribution in [0.15, 0.2) is 52.3 Å². The zero-order valence-electron chi connectivity index (χ0n) is 12.0. The molecule has 0 radical (unpaired) electrons. The number of carbonyl (C=O) groups excluding carboxylic acids is 1. The van der Waals surface area contributed by atoms with E-state index in [9.17, 15) is 13.2 Å². The van der Waals surface area contributed by atoms with E-state index in [1.54, 1.807) is 30.3 Å². The van der Waals surface area contributed by atoms with Crippen LogP contribution < -0.4 is 9.46 Å². The molecule has 116 valence electrons. The normalized spacial score (nSPS) is 11.0. The molecule has 0 atom stereocenters. The molecule has 0 saturated heterocycles. The molecule has 0 saturated carbocycles. The van der Waals surface area contributed by atoms with Gasteiger partial charge in [0.05, 0.1) is 4.90 Å². The molecule has 0 bridgehead atoms. The Balaban J connectivity index is 2.12. The summed E-state index contributed by atoms with van der Waals surface area (Å²) in [7, 11) is -3.97. The van der Waals surface area contributed by atoms with Crippen molar-refractivity contribution in [3.8, 4) is 5.75 Å². The quantitative estimate of drug-likeness (QED) is 0.844. The van der Waals surface area contributed by atoms with E-state index in [1.165, 1.54) is 12.1 Å². The summed E-state index contributed by atoms with van der Waals surface area (Å²) < 4.78 is 30.9. The number of carbonyl (C=O) groups is 1. The van der Waals surface area contributed by atoms with Crippen LogP contribution >= 0.6 is 12.6 Å². The summed E-state index contributed by atoms with van der Waals surface area (Å²) in [6.45, 7) is 3.70. The SMILES string of the molecule is Cc1ccc(S(=O)(=O)NC(=O)Oc2ccc(C)cc2S)cc1. The minimum atomic E-state index is -3.97. The molecule has 5 nitrogen and oxygen atoms in total. The fraction of sp³-hybridized carbons (Fsp3) is 0.133. The van der Waals surface area contributed by atoms with E-state index in [1.807, 2.05) is 18.6 Å². The molecule has 2 rings (SSSR count). The first-order valence-corrected chi connectivity index (χ1v) is 8.32. The number of sulfonamides is 1. The number of thiol groups is 1. The highest BCUT2D eigenvalue weighted by Gasteiger charge is 2.19. The van der Waals surface area contributed by atoms with E-state index >= 15 is 0 Å². The minimum absolute atomic E-state index is 0.00921. The molecule has 0 spiro atoms. The second-order valence-electron chi connectivity index (χ2n) is 4.78. The highest BCUT2D eigenvalue weighted by molar-refractivity contribution is 7.90. The van der Waals surface area contributed by atoms with Gasteiger partial charge in [0, 0.05) is 4.90 Å². The number of nitrogens with one attached hydrogen (secondary N) is 1. The summed E-state index contributed by atoms with van der Waals surface area (Å²) in [5.74, 6) is 0.186. The van der Waals surface area contributed by atoms with Gasteiger partial charge in [-0.25, -0.2) is 17.9 Å². The largest absolute Gasteiger partial charge is 0.426 e. The summed E-state index contributed by atoms with van der Waals surface area (Å²) in [6, 6.07) is 11.1. The minimum Gasteiger partial charge on any atom is -0.408 e. The van der Waals surface area contributed by atoms with Crippen molar-refractivity contribution in [2.75, 3.05) is 0 Å². The zero-order valence-corrected chi connectivity index (χ0v) is 13.7.